The number of carbonyl (C=O) groups is 1. The maximum absolute atomic E-state index is 12.5. The average Bonchev–Trinajstić information content (AvgIpc) is 2.47. The Balaban J connectivity index is 2.12. The second kappa shape index (κ2) is 6.75. The van der Waals surface area contributed by atoms with Gasteiger partial charge in [0.2, 0.25) is 5.91 Å². The van der Waals surface area contributed by atoms with Crippen LogP contribution in [-0.2, 0) is 11.2 Å². The van der Waals surface area contributed by atoms with E-state index in [4.69, 9.17) is 4.74 Å². The Hall–Kier alpha value is -1.55. The largest absolute Gasteiger partial charge is 0.496 e. The van der Waals surface area contributed by atoms with Crippen LogP contribution in [0.3, 0.4) is 0 Å². The van der Waals surface area contributed by atoms with Crippen LogP contribution in [0.1, 0.15) is 30.4 Å². The number of rotatable bonds is 4. The number of benzene rings is 1. The molecule has 0 saturated carbocycles. The zero-order valence-electron chi connectivity index (χ0n) is 12.3. The van der Waals surface area contributed by atoms with Crippen molar-refractivity contribution in [1.29, 1.82) is 0 Å². The number of carbonyl (C=O) groups excluding carboxylic acids is 1. The van der Waals surface area contributed by atoms with Gasteiger partial charge in [-0.15, -0.1) is 0 Å². The fourth-order valence-corrected chi connectivity index (χ4v) is 2.83. The highest BCUT2D eigenvalue weighted by Gasteiger charge is 2.26. The van der Waals surface area contributed by atoms with E-state index < -0.39 is 0 Å². The normalized spacial score (nSPS) is 18.9. The first-order valence-electron chi connectivity index (χ1n) is 7.19. The van der Waals surface area contributed by atoms with Gasteiger partial charge < -0.3 is 14.7 Å². The molecule has 4 heteroatoms. The number of aliphatic hydroxyl groups is 1. The van der Waals surface area contributed by atoms with Gasteiger partial charge in [0.25, 0.3) is 0 Å². The minimum absolute atomic E-state index is 0.0212. The van der Waals surface area contributed by atoms with E-state index in [-0.39, 0.29) is 18.6 Å². The summed E-state index contributed by atoms with van der Waals surface area (Å²) in [5.41, 5.74) is 2.03. The van der Waals surface area contributed by atoms with E-state index in [1.165, 1.54) is 0 Å². The van der Waals surface area contributed by atoms with Gasteiger partial charge in [-0.25, -0.2) is 0 Å². The van der Waals surface area contributed by atoms with Crippen LogP contribution in [0.2, 0.25) is 0 Å². The van der Waals surface area contributed by atoms with Crippen molar-refractivity contribution in [1.82, 2.24) is 4.90 Å². The van der Waals surface area contributed by atoms with Crippen LogP contribution in [0.15, 0.2) is 18.2 Å². The third kappa shape index (κ3) is 3.31. The Morgan fingerprint density at radius 1 is 1.45 bits per heavy atom. The Kier molecular flexibility index (Phi) is 5.01. The zero-order chi connectivity index (χ0) is 14.5. The van der Waals surface area contributed by atoms with Crippen LogP contribution < -0.4 is 4.74 Å². The number of nitrogens with zero attached hydrogens (tertiary/aromatic N) is 1. The van der Waals surface area contributed by atoms with Crippen LogP contribution in [0.4, 0.5) is 0 Å². The molecule has 0 aliphatic carbocycles. The molecule has 110 valence electrons. The fraction of sp³-hybridized carbons (Fsp3) is 0.562. The molecule has 1 fully saturated rings. The molecule has 0 bridgehead atoms. The Bertz CT molecular complexity index is 473. The van der Waals surface area contributed by atoms with Gasteiger partial charge >= 0.3 is 0 Å². The summed E-state index contributed by atoms with van der Waals surface area (Å²) < 4.78 is 5.32. The maximum Gasteiger partial charge on any atom is 0.227 e. The quantitative estimate of drug-likeness (QED) is 0.914. The molecule has 1 N–H and O–H groups in total. The number of ether oxygens (including phenoxy) is 1. The third-order valence-electron chi connectivity index (χ3n) is 3.94. The van der Waals surface area contributed by atoms with E-state index in [0.717, 1.165) is 42.7 Å². The number of piperidine rings is 1. The van der Waals surface area contributed by atoms with E-state index in [9.17, 15) is 9.90 Å². The van der Waals surface area contributed by atoms with Gasteiger partial charge in [-0.2, -0.15) is 0 Å². The summed E-state index contributed by atoms with van der Waals surface area (Å²) in [5.74, 6) is 0.828. The van der Waals surface area contributed by atoms with Gasteiger partial charge in [0.1, 0.15) is 5.75 Å². The number of hydrogen-bond acceptors (Lipinski definition) is 3. The highest BCUT2D eigenvalue weighted by atomic mass is 16.5. The fourth-order valence-electron chi connectivity index (χ4n) is 2.83. The predicted molar refractivity (Wildman–Crippen MR) is 77.9 cm³/mol. The van der Waals surface area contributed by atoms with Crippen molar-refractivity contribution in [2.75, 3.05) is 20.3 Å². The van der Waals surface area contributed by atoms with Crippen LogP contribution in [0.5, 0.6) is 5.75 Å². The Labute approximate surface area is 120 Å². The lowest BCUT2D eigenvalue weighted by molar-refractivity contribution is -0.135. The summed E-state index contributed by atoms with van der Waals surface area (Å²) in [6, 6.07) is 5.85. The first-order chi connectivity index (χ1) is 9.65. The van der Waals surface area contributed by atoms with Crippen molar-refractivity contribution >= 4 is 5.91 Å². The van der Waals surface area contributed by atoms with Gasteiger partial charge in [0, 0.05) is 12.1 Å². The molecule has 1 amide bonds. The van der Waals surface area contributed by atoms with Crippen LogP contribution in [0, 0.1) is 6.92 Å². The summed E-state index contributed by atoms with van der Waals surface area (Å²) in [5, 5.41) is 9.40. The van der Waals surface area contributed by atoms with Crippen molar-refractivity contribution in [3.8, 4) is 5.75 Å². The second-order valence-electron chi connectivity index (χ2n) is 5.41. The molecule has 1 aliphatic heterocycles. The molecule has 4 nitrogen and oxygen atoms in total. The summed E-state index contributed by atoms with van der Waals surface area (Å²) in [7, 11) is 1.62. The lowest BCUT2D eigenvalue weighted by Crippen LogP contribution is -2.46. The van der Waals surface area contributed by atoms with E-state index in [1.807, 2.05) is 30.0 Å². The van der Waals surface area contributed by atoms with Crippen molar-refractivity contribution < 1.29 is 14.6 Å². The van der Waals surface area contributed by atoms with E-state index in [0.29, 0.717) is 6.42 Å². The van der Waals surface area contributed by atoms with Crippen molar-refractivity contribution in [2.45, 2.75) is 38.6 Å². The van der Waals surface area contributed by atoms with E-state index >= 15 is 0 Å². The Morgan fingerprint density at radius 3 is 2.95 bits per heavy atom. The molecule has 1 aromatic carbocycles. The molecule has 2 rings (SSSR count). The summed E-state index contributed by atoms with van der Waals surface area (Å²) >= 11 is 0. The molecular formula is C16H23NO3. The van der Waals surface area contributed by atoms with Gasteiger partial charge in [-0.1, -0.05) is 17.7 Å². The zero-order valence-corrected chi connectivity index (χ0v) is 12.3. The van der Waals surface area contributed by atoms with Crippen molar-refractivity contribution in [2.24, 2.45) is 0 Å². The first-order valence-corrected chi connectivity index (χ1v) is 7.19. The number of hydrogen-bond donors (Lipinski definition) is 1. The highest BCUT2D eigenvalue weighted by molar-refractivity contribution is 5.80. The molecule has 0 spiro atoms. The van der Waals surface area contributed by atoms with Crippen LogP contribution in [-0.4, -0.2) is 42.2 Å². The number of methoxy groups -OCH3 is 1. The molecule has 1 atom stereocenters. The topological polar surface area (TPSA) is 49.8 Å². The molecule has 1 saturated heterocycles. The average molecular weight is 277 g/mol. The second-order valence-corrected chi connectivity index (χ2v) is 5.41. The lowest BCUT2D eigenvalue weighted by Gasteiger charge is -2.34. The number of likely N-dealkylation sites (tertiary alicyclic amines) is 1. The number of aliphatic hydroxyl groups excluding tert-OH is 1. The summed E-state index contributed by atoms with van der Waals surface area (Å²) in [6.07, 6.45) is 3.34. The molecule has 1 heterocycles. The molecule has 0 radical (unpaired) electrons. The SMILES string of the molecule is COc1ccc(C)cc1CC(=O)N1CCCCC1CO. The van der Waals surface area contributed by atoms with Gasteiger partial charge in [0.05, 0.1) is 26.2 Å². The van der Waals surface area contributed by atoms with E-state index in [2.05, 4.69) is 0 Å². The Morgan fingerprint density at radius 2 is 2.25 bits per heavy atom. The van der Waals surface area contributed by atoms with Crippen LogP contribution >= 0.6 is 0 Å². The molecule has 0 aromatic heterocycles. The molecule has 1 unspecified atom stereocenters. The summed E-state index contributed by atoms with van der Waals surface area (Å²) in [6.45, 7) is 2.81. The number of aryl methyl sites for hydroxylation is 1. The predicted octanol–water partition coefficient (Wildman–Crippen LogP) is 1.92. The minimum Gasteiger partial charge on any atom is -0.496 e. The monoisotopic (exact) mass is 277 g/mol. The molecule has 20 heavy (non-hydrogen) atoms. The number of amides is 1. The summed E-state index contributed by atoms with van der Waals surface area (Å²) in [4.78, 5) is 14.3. The van der Waals surface area contributed by atoms with Gasteiger partial charge in [-0.3, -0.25) is 4.79 Å². The smallest absolute Gasteiger partial charge is 0.227 e. The minimum atomic E-state index is -0.0212. The maximum atomic E-state index is 12.5. The van der Waals surface area contributed by atoms with Crippen molar-refractivity contribution in [3.05, 3.63) is 29.3 Å². The lowest BCUT2D eigenvalue weighted by atomic mass is 10.0. The standard InChI is InChI=1S/C16H23NO3/c1-12-6-7-15(20-2)13(9-12)10-16(19)17-8-4-3-5-14(17)11-18/h6-7,9,14,18H,3-5,8,10-11H2,1-2H3. The molecule has 1 aromatic rings. The third-order valence-corrected chi connectivity index (χ3v) is 3.94. The van der Waals surface area contributed by atoms with Gasteiger partial charge in [-0.05, 0) is 32.3 Å². The molecular weight excluding hydrogens is 254 g/mol. The van der Waals surface area contributed by atoms with Gasteiger partial charge in [0.15, 0.2) is 0 Å². The molecule has 1 aliphatic rings. The van der Waals surface area contributed by atoms with Crippen molar-refractivity contribution in [3.63, 3.8) is 0 Å². The van der Waals surface area contributed by atoms with E-state index in [1.54, 1.807) is 7.11 Å². The highest BCUT2D eigenvalue weighted by Crippen LogP contribution is 2.23. The van der Waals surface area contributed by atoms with Crippen LogP contribution in [0.25, 0.3) is 0 Å². The first kappa shape index (κ1) is 14.9.